The van der Waals surface area contributed by atoms with Gasteiger partial charge in [0.05, 0.1) is 6.54 Å². The van der Waals surface area contributed by atoms with Gasteiger partial charge < -0.3 is 10.2 Å². The molecular weight excluding hydrogens is 322 g/mol. The third kappa shape index (κ3) is 5.89. The topological polar surface area (TPSA) is 62.3 Å². The summed E-state index contributed by atoms with van der Waals surface area (Å²) in [6, 6.07) is 0. The van der Waals surface area contributed by atoms with Gasteiger partial charge in [0.2, 0.25) is 11.8 Å². The van der Waals surface area contributed by atoms with Gasteiger partial charge in [-0.1, -0.05) is 26.7 Å². The first kappa shape index (κ1) is 18.9. The average Bonchev–Trinajstić information content (AvgIpc) is 3.28. The van der Waals surface area contributed by atoms with Gasteiger partial charge >= 0.3 is 0 Å². The minimum absolute atomic E-state index is 0.0404. The molecule has 1 aromatic rings. The van der Waals surface area contributed by atoms with Crippen molar-refractivity contribution in [2.24, 2.45) is 11.8 Å². The SMILES string of the molecule is CCCCC(CC)C(=O)N(CC(=O)Nc1ncc(C)s1)CC1CC1. The van der Waals surface area contributed by atoms with Crippen LogP contribution in [0.25, 0.3) is 0 Å². The fraction of sp³-hybridized carbons (Fsp3) is 0.722. The number of unbranched alkanes of at least 4 members (excludes halogenated alkanes) is 1. The number of carbonyl (C=O) groups excluding carboxylic acids is 2. The van der Waals surface area contributed by atoms with Gasteiger partial charge in [0.25, 0.3) is 0 Å². The first-order chi connectivity index (χ1) is 11.5. The summed E-state index contributed by atoms with van der Waals surface area (Å²) in [5.74, 6) is 0.609. The summed E-state index contributed by atoms with van der Waals surface area (Å²) in [6.45, 7) is 7.01. The maximum atomic E-state index is 12.9. The number of carbonyl (C=O) groups is 2. The van der Waals surface area contributed by atoms with Crippen LogP contribution in [0.15, 0.2) is 6.20 Å². The van der Waals surface area contributed by atoms with Crippen molar-refractivity contribution in [3.63, 3.8) is 0 Å². The highest BCUT2D eigenvalue weighted by atomic mass is 32.1. The first-order valence-electron chi connectivity index (χ1n) is 9.04. The van der Waals surface area contributed by atoms with E-state index >= 15 is 0 Å². The van der Waals surface area contributed by atoms with Crippen LogP contribution in [0.2, 0.25) is 0 Å². The quantitative estimate of drug-likeness (QED) is 0.696. The van der Waals surface area contributed by atoms with Crippen molar-refractivity contribution in [1.82, 2.24) is 9.88 Å². The Hall–Kier alpha value is -1.43. The normalized spacial score (nSPS) is 15.1. The summed E-state index contributed by atoms with van der Waals surface area (Å²) in [5.41, 5.74) is 0. The number of rotatable bonds is 10. The fourth-order valence-electron chi connectivity index (χ4n) is 2.80. The van der Waals surface area contributed by atoms with Gasteiger partial charge in [0, 0.05) is 23.5 Å². The number of aromatic nitrogens is 1. The molecule has 0 radical (unpaired) electrons. The van der Waals surface area contributed by atoms with Gasteiger partial charge in [-0.2, -0.15) is 0 Å². The zero-order chi connectivity index (χ0) is 17.5. The number of hydrogen-bond donors (Lipinski definition) is 1. The molecule has 5 nitrogen and oxygen atoms in total. The molecule has 24 heavy (non-hydrogen) atoms. The van der Waals surface area contributed by atoms with Crippen LogP contribution >= 0.6 is 11.3 Å². The summed E-state index contributed by atoms with van der Waals surface area (Å²) < 4.78 is 0. The number of thiazole rings is 1. The largest absolute Gasteiger partial charge is 0.333 e. The molecule has 1 N–H and O–H groups in total. The van der Waals surface area contributed by atoms with E-state index in [0.29, 0.717) is 17.6 Å². The summed E-state index contributed by atoms with van der Waals surface area (Å²) in [7, 11) is 0. The third-order valence-electron chi connectivity index (χ3n) is 4.44. The zero-order valence-corrected chi connectivity index (χ0v) is 15.8. The highest BCUT2D eigenvalue weighted by molar-refractivity contribution is 7.15. The van der Waals surface area contributed by atoms with Gasteiger partial charge in [-0.25, -0.2) is 4.98 Å². The van der Waals surface area contributed by atoms with Crippen molar-refractivity contribution in [2.75, 3.05) is 18.4 Å². The Kier molecular flexibility index (Phi) is 7.21. The van der Waals surface area contributed by atoms with E-state index in [2.05, 4.69) is 24.1 Å². The van der Waals surface area contributed by atoms with Crippen molar-refractivity contribution < 1.29 is 9.59 Å². The standard InChI is InChI=1S/C18H29N3O2S/c1-4-6-7-15(5-2)17(23)21(11-14-8-9-14)12-16(22)20-18-19-10-13(3)24-18/h10,14-15H,4-9,11-12H2,1-3H3,(H,19,20,22). The fourth-order valence-corrected chi connectivity index (χ4v) is 3.48. The van der Waals surface area contributed by atoms with Crippen LogP contribution in [-0.4, -0.2) is 34.8 Å². The second-order valence-corrected chi connectivity index (χ2v) is 7.97. The predicted molar refractivity (Wildman–Crippen MR) is 98.1 cm³/mol. The number of nitrogens with one attached hydrogen (secondary N) is 1. The molecule has 0 aromatic carbocycles. The zero-order valence-electron chi connectivity index (χ0n) is 15.0. The first-order valence-corrected chi connectivity index (χ1v) is 9.86. The second kappa shape index (κ2) is 9.16. The maximum Gasteiger partial charge on any atom is 0.245 e. The average molecular weight is 352 g/mol. The number of amides is 2. The molecule has 1 aliphatic carbocycles. The summed E-state index contributed by atoms with van der Waals surface area (Å²) in [6.07, 6.45) is 7.99. The summed E-state index contributed by atoms with van der Waals surface area (Å²) in [4.78, 5) is 32.2. The van der Waals surface area contributed by atoms with Crippen molar-refractivity contribution in [2.45, 2.75) is 59.3 Å². The van der Waals surface area contributed by atoms with Gasteiger partial charge in [0.15, 0.2) is 5.13 Å². The minimum Gasteiger partial charge on any atom is -0.333 e. The van der Waals surface area contributed by atoms with E-state index in [0.717, 1.165) is 30.6 Å². The van der Waals surface area contributed by atoms with Crippen LogP contribution in [0.1, 0.15) is 57.2 Å². The molecule has 0 bridgehead atoms. The number of nitrogens with zero attached hydrogens (tertiary/aromatic N) is 2. The minimum atomic E-state index is -0.149. The lowest BCUT2D eigenvalue weighted by Crippen LogP contribution is -2.42. The summed E-state index contributed by atoms with van der Waals surface area (Å²) in [5, 5.41) is 3.42. The molecule has 0 spiro atoms. The van der Waals surface area contributed by atoms with Crippen molar-refractivity contribution in [3.8, 4) is 0 Å². The molecule has 2 rings (SSSR count). The lowest BCUT2D eigenvalue weighted by atomic mass is 9.97. The van der Waals surface area contributed by atoms with Crippen LogP contribution in [-0.2, 0) is 9.59 Å². The van der Waals surface area contributed by atoms with Crippen LogP contribution in [0.5, 0.6) is 0 Å². The summed E-state index contributed by atoms with van der Waals surface area (Å²) >= 11 is 1.45. The van der Waals surface area contributed by atoms with Crippen molar-refractivity contribution >= 4 is 28.3 Å². The molecule has 0 saturated heterocycles. The molecule has 1 aromatic heterocycles. The van der Waals surface area contributed by atoms with E-state index in [1.807, 2.05) is 6.92 Å². The molecule has 1 unspecified atom stereocenters. The Morgan fingerprint density at radius 2 is 2.17 bits per heavy atom. The van der Waals surface area contributed by atoms with E-state index in [9.17, 15) is 9.59 Å². The Morgan fingerprint density at radius 3 is 2.71 bits per heavy atom. The van der Waals surface area contributed by atoms with E-state index in [-0.39, 0.29) is 24.3 Å². The van der Waals surface area contributed by atoms with E-state index in [1.54, 1.807) is 11.1 Å². The van der Waals surface area contributed by atoms with Crippen LogP contribution in [0.4, 0.5) is 5.13 Å². The van der Waals surface area contributed by atoms with Gasteiger partial charge in [-0.05, 0) is 38.5 Å². The molecule has 1 heterocycles. The Morgan fingerprint density at radius 1 is 1.42 bits per heavy atom. The van der Waals surface area contributed by atoms with Gasteiger partial charge in [-0.3, -0.25) is 9.59 Å². The molecule has 1 atom stereocenters. The van der Waals surface area contributed by atoms with Gasteiger partial charge in [0.1, 0.15) is 0 Å². The maximum absolute atomic E-state index is 12.9. The molecular formula is C18H29N3O2S. The van der Waals surface area contributed by atoms with Gasteiger partial charge in [-0.15, -0.1) is 11.3 Å². The predicted octanol–water partition coefficient (Wildman–Crippen LogP) is 3.85. The molecule has 0 aliphatic heterocycles. The highest BCUT2D eigenvalue weighted by Crippen LogP contribution is 2.30. The molecule has 1 saturated carbocycles. The molecule has 1 aliphatic rings. The second-order valence-electron chi connectivity index (χ2n) is 6.73. The van der Waals surface area contributed by atoms with Crippen LogP contribution in [0, 0.1) is 18.8 Å². The third-order valence-corrected chi connectivity index (χ3v) is 5.27. The number of aryl methyl sites for hydroxylation is 1. The van der Waals surface area contributed by atoms with E-state index in [1.165, 1.54) is 24.2 Å². The monoisotopic (exact) mass is 351 g/mol. The Labute approximate surface area is 148 Å². The molecule has 134 valence electrons. The van der Waals surface area contributed by atoms with Crippen molar-refractivity contribution in [1.29, 1.82) is 0 Å². The molecule has 2 amide bonds. The van der Waals surface area contributed by atoms with E-state index < -0.39 is 0 Å². The smallest absolute Gasteiger partial charge is 0.245 e. The Balaban J connectivity index is 1.95. The van der Waals surface area contributed by atoms with Crippen LogP contribution < -0.4 is 5.32 Å². The lowest BCUT2D eigenvalue weighted by Gasteiger charge is -2.26. The lowest BCUT2D eigenvalue weighted by molar-refractivity contribution is -0.139. The number of anilines is 1. The van der Waals surface area contributed by atoms with Crippen LogP contribution in [0.3, 0.4) is 0 Å². The van der Waals surface area contributed by atoms with E-state index in [4.69, 9.17) is 0 Å². The number of hydrogen-bond acceptors (Lipinski definition) is 4. The Bertz CT molecular complexity index is 554. The molecule has 1 fully saturated rings. The molecule has 6 heteroatoms. The highest BCUT2D eigenvalue weighted by Gasteiger charge is 2.30. The van der Waals surface area contributed by atoms with Crippen molar-refractivity contribution in [3.05, 3.63) is 11.1 Å².